The summed E-state index contributed by atoms with van der Waals surface area (Å²) in [4.78, 5) is 0. The fourth-order valence-electron chi connectivity index (χ4n) is 1.18. The van der Waals surface area contributed by atoms with E-state index in [4.69, 9.17) is 11.5 Å². The first kappa shape index (κ1) is 19.0. The highest BCUT2D eigenvalue weighted by atomic mass is 14.5. The van der Waals surface area contributed by atoms with E-state index < -0.39 is 0 Å². The zero-order valence-corrected chi connectivity index (χ0v) is 12.8. The maximum Gasteiger partial charge on any atom is 0.0313 e. The van der Waals surface area contributed by atoms with Gasteiger partial charge in [-0.1, -0.05) is 92.1 Å². The maximum absolute atomic E-state index is 5.65. The number of hydrogen-bond donors (Lipinski definition) is 2. The molecule has 2 nitrogen and oxygen atoms in total. The monoisotopic (exact) mass is 292 g/mol. The van der Waals surface area contributed by atoms with Crippen molar-refractivity contribution in [2.45, 2.75) is 0 Å². The Kier molecular flexibility index (Phi) is 12.4. The Labute approximate surface area is 133 Å². The van der Waals surface area contributed by atoms with E-state index in [1.807, 2.05) is 79.0 Å². The van der Waals surface area contributed by atoms with Crippen LogP contribution >= 0.6 is 0 Å². The van der Waals surface area contributed by atoms with Crippen molar-refractivity contribution in [3.8, 4) is 0 Å². The van der Waals surface area contributed by atoms with Crippen LogP contribution in [-0.2, 0) is 0 Å². The molecule has 0 saturated heterocycles. The van der Waals surface area contributed by atoms with E-state index >= 15 is 0 Å². The van der Waals surface area contributed by atoms with Crippen LogP contribution in [0.3, 0.4) is 0 Å². The van der Waals surface area contributed by atoms with E-state index in [0.29, 0.717) is 11.4 Å². The van der Waals surface area contributed by atoms with Crippen molar-refractivity contribution in [1.29, 1.82) is 0 Å². The van der Waals surface area contributed by atoms with Gasteiger partial charge in [0.15, 0.2) is 0 Å². The fourth-order valence-corrected chi connectivity index (χ4v) is 1.18. The molecule has 0 bridgehead atoms. The lowest BCUT2D eigenvalue weighted by Crippen LogP contribution is -1.90. The standard InChI is InChI=1S/C20H24N2/c1-3-16-20(22)18-15-13-11-9-7-5-4-6-8-10-12-14-17-19(2)21/h3-18H,1-2,21-22H2. The first-order chi connectivity index (χ1) is 10.7. The molecule has 0 saturated carbocycles. The van der Waals surface area contributed by atoms with E-state index in [9.17, 15) is 0 Å². The van der Waals surface area contributed by atoms with Gasteiger partial charge in [0.05, 0.1) is 0 Å². The molecule has 0 aromatic heterocycles. The van der Waals surface area contributed by atoms with Gasteiger partial charge in [0.2, 0.25) is 0 Å². The second-order valence-electron chi connectivity index (χ2n) is 4.12. The van der Waals surface area contributed by atoms with Crippen LogP contribution in [-0.4, -0.2) is 0 Å². The summed E-state index contributed by atoms with van der Waals surface area (Å²) in [6, 6.07) is 0. The maximum atomic E-state index is 5.65. The van der Waals surface area contributed by atoms with Gasteiger partial charge in [-0.15, -0.1) is 0 Å². The molecule has 0 aliphatic carbocycles. The lowest BCUT2D eigenvalue weighted by Gasteiger charge is -1.85. The molecule has 4 N–H and O–H groups in total. The molecular weight excluding hydrogens is 268 g/mol. The van der Waals surface area contributed by atoms with Crippen molar-refractivity contribution >= 4 is 0 Å². The molecule has 0 fully saturated rings. The van der Waals surface area contributed by atoms with Gasteiger partial charge in [-0.05, 0) is 18.2 Å². The van der Waals surface area contributed by atoms with Crippen molar-refractivity contribution in [2.75, 3.05) is 0 Å². The van der Waals surface area contributed by atoms with Crippen molar-refractivity contribution < 1.29 is 0 Å². The topological polar surface area (TPSA) is 52.0 Å². The van der Waals surface area contributed by atoms with Gasteiger partial charge in [0.1, 0.15) is 0 Å². The highest BCUT2D eigenvalue weighted by molar-refractivity contribution is 5.25. The molecule has 114 valence electrons. The molecule has 0 radical (unpaired) electrons. The Bertz CT molecular complexity index is 563. The molecule has 2 heteroatoms. The van der Waals surface area contributed by atoms with E-state index in [1.54, 1.807) is 18.2 Å². The van der Waals surface area contributed by atoms with E-state index in [2.05, 4.69) is 13.2 Å². The van der Waals surface area contributed by atoms with Crippen LogP contribution in [0.4, 0.5) is 0 Å². The molecular formula is C20H24N2. The Morgan fingerprint density at radius 2 is 0.955 bits per heavy atom. The van der Waals surface area contributed by atoms with Crippen molar-refractivity contribution in [3.63, 3.8) is 0 Å². The summed E-state index contributed by atoms with van der Waals surface area (Å²) in [5.41, 5.74) is 12.3. The minimum absolute atomic E-state index is 0.543. The fraction of sp³-hybridized carbons (Fsp3) is 0. The third-order valence-electron chi connectivity index (χ3n) is 2.13. The van der Waals surface area contributed by atoms with Crippen LogP contribution in [0.25, 0.3) is 0 Å². The summed E-state index contributed by atoms with van der Waals surface area (Å²) in [7, 11) is 0. The van der Waals surface area contributed by atoms with E-state index in [1.165, 1.54) is 0 Å². The SMILES string of the molecule is C=CC=C(N)C=CC=CC=CC=CC=CC=CC=CC(=C)N. The molecule has 0 heterocycles. The van der Waals surface area contributed by atoms with Crippen molar-refractivity contribution in [1.82, 2.24) is 0 Å². The first-order valence-electron chi connectivity index (χ1n) is 6.87. The lowest BCUT2D eigenvalue weighted by atomic mass is 10.3. The predicted molar refractivity (Wildman–Crippen MR) is 99.8 cm³/mol. The molecule has 0 aromatic rings. The summed E-state index contributed by atoms with van der Waals surface area (Å²) in [5, 5.41) is 0. The quantitative estimate of drug-likeness (QED) is 0.620. The zero-order chi connectivity index (χ0) is 16.5. The smallest absolute Gasteiger partial charge is 0.0313 e. The lowest BCUT2D eigenvalue weighted by molar-refractivity contribution is 1.43. The second kappa shape index (κ2) is 14.4. The van der Waals surface area contributed by atoms with Gasteiger partial charge >= 0.3 is 0 Å². The molecule has 0 atom stereocenters. The third kappa shape index (κ3) is 15.1. The largest absolute Gasteiger partial charge is 0.399 e. The molecule has 0 aliphatic rings. The third-order valence-corrected chi connectivity index (χ3v) is 2.13. The van der Waals surface area contributed by atoms with Gasteiger partial charge in [-0.25, -0.2) is 0 Å². The zero-order valence-electron chi connectivity index (χ0n) is 12.8. The molecule has 0 aliphatic heterocycles. The minimum Gasteiger partial charge on any atom is -0.399 e. The van der Waals surface area contributed by atoms with Crippen LogP contribution < -0.4 is 11.5 Å². The molecule has 0 aromatic carbocycles. The summed E-state index contributed by atoms with van der Waals surface area (Å²) in [6.07, 6.45) is 29.9. The van der Waals surface area contributed by atoms with Gasteiger partial charge in [0, 0.05) is 11.4 Å². The molecule has 0 rings (SSSR count). The average molecular weight is 292 g/mol. The predicted octanol–water partition coefficient (Wildman–Crippen LogP) is 4.38. The minimum atomic E-state index is 0.543. The number of hydrogen-bond acceptors (Lipinski definition) is 2. The normalized spacial score (nSPS) is 14.1. The second-order valence-corrected chi connectivity index (χ2v) is 4.12. The summed E-state index contributed by atoms with van der Waals surface area (Å²) >= 11 is 0. The molecule has 22 heavy (non-hydrogen) atoms. The molecule has 0 amide bonds. The van der Waals surface area contributed by atoms with Crippen LogP contribution in [0.15, 0.2) is 122 Å². The highest BCUT2D eigenvalue weighted by Crippen LogP contribution is 1.89. The summed E-state index contributed by atoms with van der Waals surface area (Å²) in [6.45, 7) is 7.14. The van der Waals surface area contributed by atoms with E-state index in [0.717, 1.165) is 0 Å². The Morgan fingerprint density at radius 1 is 0.591 bits per heavy atom. The summed E-state index contributed by atoms with van der Waals surface area (Å²) in [5.74, 6) is 0. The van der Waals surface area contributed by atoms with Crippen molar-refractivity contribution in [3.05, 3.63) is 122 Å². The molecule has 0 unspecified atom stereocenters. The van der Waals surface area contributed by atoms with Crippen molar-refractivity contribution in [2.24, 2.45) is 11.5 Å². The van der Waals surface area contributed by atoms with Gasteiger partial charge in [-0.3, -0.25) is 0 Å². The van der Waals surface area contributed by atoms with Crippen LogP contribution in [0.2, 0.25) is 0 Å². The van der Waals surface area contributed by atoms with Gasteiger partial charge in [-0.2, -0.15) is 0 Å². The Hall–Kier alpha value is -3.00. The number of rotatable bonds is 9. The van der Waals surface area contributed by atoms with Crippen LogP contribution in [0.1, 0.15) is 0 Å². The summed E-state index contributed by atoms with van der Waals surface area (Å²) < 4.78 is 0. The Balaban J connectivity index is 4.00. The average Bonchev–Trinajstić information content (AvgIpc) is 2.47. The van der Waals surface area contributed by atoms with Gasteiger partial charge in [0.25, 0.3) is 0 Å². The number of nitrogens with two attached hydrogens (primary N) is 2. The van der Waals surface area contributed by atoms with Crippen LogP contribution in [0.5, 0.6) is 0 Å². The first-order valence-corrected chi connectivity index (χ1v) is 6.87. The van der Waals surface area contributed by atoms with Crippen LogP contribution in [0, 0.1) is 0 Å². The highest BCUT2D eigenvalue weighted by Gasteiger charge is 1.74. The van der Waals surface area contributed by atoms with E-state index in [-0.39, 0.29) is 0 Å². The molecule has 0 spiro atoms. The van der Waals surface area contributed by atoms with Gasteiger partial charge < -0.3 is 11.5 Å². The number of allylic oxidation sites excluding steroid dienone is 16. The Morgan fingerprint density at radius 3 is 1.32 bits per heavy atom.